The normalized spacial score (nSPS) is 13.2. The molecule has 0 aliphatic carbocycles. The molecule has 0 amide bonds. The maximum absolute atomic E-state index is 3.00. The average molecular weight is 161 g/mol. The first-order chi connectivity index (χ1) is 5.88. The van der Waals surface area contributed by atoms with Crippen LogP contribution in [-0.4, -0.2) is 13.6 Å². The number of para-hydroxylation sites is 1. The van der Waals surface area contributed by atoms with Crippen LogP contribution in [0.15, 0.2) is 37.4 Å². The van der Waals surface area contributed by atoms with Gasteiger partial charge in [-0.25, -0.2) is 0 Å². The number of benzene rings is 1. The Morgan fingerprint density at radius 2 is 1.92 bits per heavy atom. The summed E-state index contributed by atoms with van der Waals surface area (Å²) >= 11 is 0. The summed E-state index contributed by atoms with van der Waals surface area (Å²) in [6, 6.07) is 8.60. The molecular formula is C11H15N. The molecule has 0 saturated heterocycles. The van der Waals surface area contributed by atoms with Crippen molar-refractivity contribution in [1.29, 1.82) is 0 Å². The maximum atomic E-state index is 3.00. The molecule has 64 valence electrons. The van der Waals surface area contributed by atoms with Gasteiger partial charge in [0.05, 0.1) is 0 Å². The number of hydrogen-bond donors (Lipinski definition) is 0. The predicted molar refractivity (Wildman–Crippen MR) is 54.7 cm³/mol. The number of likely N-dealkylation sites (N-methyl/N-ethyl adjacent to an activating group) is 1. The minimum Gasteiger partial charge on any atom is -0.374 e. The van der Waals surface area contributed by atoms with Crippen LogP contribution in [0.25, 0.3) is 0 Å². The first-order valence-electron chi connectivity index (χ1n) is 4.17. The molecule has 0 unspecified atom stereocenters. The first kappa shape index (κ1) is 8.85. The summed E-state index contributed by atoms with van der Waals surface area (Å²) in [5.74, 6) is 0. The molecule has 1 aliphatic heterocycles. The third kappa shape index (κ3) is 1.50. The standard InChI is InChI=1S/C9H11N.C2H4/c1-10-7-6-8-4-2-3-5-9(8)10;1-2/h2-5H,6-7H2,1H3;1-2H2. The highest BCUT2D eigenvalue weighted by molar-refractivity contribution is 5.56. The second kappa shape index (κ2) is 3.96. The Bertz CT molecular complexity index is 255. The average Bonchev–Trinajstić information content (AvgIpc) is 2.53. The molecule has 0 N–H and O–H groups in total. The molecule has 1 heteroatoms. The van der Waals surface area contributed by atoms with Crippen molar-refractivity contribution in [3.05, 3.63) is 43.0 Å². The van der Waals surface area contributed by atoms with Crippen molar-refractivity contribution in [3.8, 4) is 0 Å². The van der Waals surface area contributed by atoms with Gasteiger partial charge in [0.25, 0.3) is 0 Å². The number of anilines is 1. The lowest BCUT2D eigenvalue weighted by Crippen LogP contribution is -2.12. The van der Waals surface area contributed by atoms with Gasteiger partial charge in [0.15, 0.2) is 0 Å². The van der Waals surface area contributed by atoms with Crippen LogP contribution in [-0.2, 0) is 6.42 Å². The van der Waals surface area contributed by atoms with Gasteiger partial charge in [-0.3, -0.25) is 0 Å². The molecule has 0 atom stereocenters. The Balaban J connectivity index is 0.000000336. The van der Waals surface area contributed by atoms with Crippen molar-refractivity contribution in [3.63, 3.8) is 0 Å². The lowest BCUT2D eigenvalue weighted by molar-refractivity contribution is 0.956. The first-order valence-corrected chi connectivity index (χ1v) is 4.17. The van der Waals surface area contributed by atoms with E-state index >= 15 is 0 Å². The van der Waals surface area contributed by atoms with Crippen LogP contribution in [0.2, 0.25) is 0 Å². The van der Waals surface area contributed by atoms with Crippen LogP contribution in [0, 0.1) is 0 Å². The van der Waals surface area contributed by atoms with E-state index in [9.17, 15) is 0 Å². The molecule has 2 rings (SSSR count). The Morgan fingerprint density at radius 3 is 2.58 bits per heavy atom. The fourth-order valence-corrected chi connectivity index (χ4v) is 1.50. The Hall–Kier alpha value is -1.24. The number of hydrogen-bond acceptors (Lipinski definition) is 1. The molecular weight excluding hydrogens is 146 g/mol. The highest BCUT2D eigenvalue weighted by Crippen LogP contribution is 2.25. The molecule has 0 saturated carbocycles. The Kier molecular flexibility index (Phi) is 2.92. The van der Waals surface area contributed by atoms with Gasteiger partial charge < -0.3 is 4.90 Å². The molecule has 0 bridgehead atoms. The predicted octanol–water partition coefficient (Wildman–Crippen LogP) is 2.48. The van der Waals surface area contributed by atoms with Crippen molar-refractivity contribution in [2.45, 2.75) is 6.42 Å². The van der Waals surface area contributed by atoms with Crippen LogP contribution in [0.3, 0.4) is 0 Å². The van der Waals surface area contributed by atoms with Crippen molar-refractivity contribution in [2.75, 3.05) is 18.5 Å². The molecule has 1 aliphatic rings. The van der Waals surface area contributed by atoms with E-state index in [1.165, 1.54) is 24.2 Å². The zero-order valence-electron chi connectivity index (χ0n) is 7.59. The van der Waals surface area contributed by atoms with Gasteiger partial charge in [-0.15, -0.1) is 13.2 Å². The fourth-order valence-electron chi connectivity index (χ4n) is 1.50. The van der Waals surface area contributed by atoms with Gasteiger partial charge in [0, 0.05) is 19.3 Å². The van der Waals surface area contributed by atoms with Gasteiger partial charge in [0.2, 0.25) is 0 Å². The van der Waals surface area contributed by atoms with Crippen LogP contribution >= 0.6 is 0 Å². The van der Waals surface area contributed by atoms with E-state index < -0.39 is 0 Å². The van der Waals surface area contributed by atoms with Gasteiger partial charge in [-0.05, 0) is 18.1 Å². The van der Waals surface area contributed by atoms with Crippen LogP contribution in [0.5, 0.6) is 0 Å². The number of nitrogens with zero attached hydrogens (tertiary/aromatic N) is 1. The van der Waals surface area contributed by atoms with E-state index in [1.54, 1.807) is 0 Å². The van der Waals surface area contributed by atoms with E-state index in [1.807, 2.05) is 0 Å². The van der Waals surface area contributed by atoms with E-state index in [2.05, 4.69) is 49.4 Å². The van der Waals surface area contributed by atoms with Crippen LogP contribution in [0.4, 0.5) is 5.69 Å². The molecule has 12 heavy (non-hydrogen) atoms. The summed E-state index contributed by atoms with van der Waals surface area (Å²) in [5, 5.41) is 0. The summed E-state index contributed by atoms with van der Waals surface area (Å²) in [6.45, 7) is 7.18. The topological polar surface area (TPSA) is 3.24 Å². The number of rotatable bonds is 0. The van der Waals surface area contributed by atoms with E-state index in [4.69, 9.17) is 0 Å². The maximum Gasteiger partial charge on any atom is 0.0396 e. The zero-order chi connectivity index (χ0) is 8.97. The SMILES string of the molecule is C=C.CN1CCc2ccccc21. The lowest BCUT2D eigenvalue weighted by Gasteiger charge is -2.10. The molecule has 0 fully saturated rings. The molecule has 1 nitrogen and oxygen atoms in total. The van der Waals surface area contributed by atoms with Gasteiger partial charge in [0.1, 0.15) is 0 Å². The molecule has 0 aromatic heterocycles. The number of fused-ring (bicyclic) bond motifs is 1. The second-order valence-corrected chi connectivity index (χ2v) is 2.80. The van der Waals surface area contributed by atoms with Gasteiger partial charge in [-0.1, -0.05) is 18.2 Å². The lowest BCUT2D eigenvalue weighted by atomic mass is 10.2. The summed E-state index contributed by atoms with van der Waals surface area (Å²) in [6.07, 6.45) is 1.21. The Morgan fingerprint density at radius 1 is 1.25 bits per heavy atom. The Labute approximate surface area is 74.3 Å². The molecule has 1 heterocycles. The van der Waals surface area contributed by atoms with Crippen LogP contribution in [0.1, 0.15) is 5.56 Å². The van der Waals surface area contributed by atoms with Crippen molar-refractivity contribution >= 4 is 5.69 Å². The van der Waals surface area contributed by atoms with Gasteiger partial charge in [-0.2, -0.15) is 0 Å². The van der Waals surface area contributed by atoms with Crippen molar-refractivity contribution < 1.29 is 0 Å². The highest BCUT2D eigenvalue weighted by atomic mass is 15.1. The van der Waals surface area contributed by atoms with Crippen LogP contribution < -0.4 is 4.90 Å². The minimum atomic E-state index is 1.18. The fraction of sp³-hybridized carbons (Fsp3) is 0.273. The summed E-state index contributed by atoms with van der Waals surface area (Å²) in [7, 11) is 2.14. The summed E-state index contributed by atoms with van der Waals surface area (Å²) in [4.78, 5) is 2.30. The second-order valence-electron chi connectivity index (χ2n) is 2.80. The third-order valence-electron chi connectivity index (χ3n) is 2.12. The third-order valence-corrected chi connectivity index (χ3v) is 2.12. The smallest absolute Gasteiger partial charge is 0.0396 e. The largest absolute Gasteiger partial charge is 0.374 e. The van der Waals surface area contributed by atoms with E-state index in [-0.39, 0.29) is 0 Å². The zero-order valence-corrected chi connectivity index (χ0v) is 7.59. The monoisotopic (exact) mass is 161 g/mol. The molecule has 0 radical (unpaired) electrons. The van der Waals surface area contributed by atoms with E-state index in [0.717, 1.165) is 0 Å². The van der Waals surface area contributed by atoms with Crippen molar-refractivity contribution in [2.24, 2.45) is 0 Å². The minimum absolute atomic E-state index is 1.18. The molecule has 0 spiro atoms. The quantitative estimate of drug-likeness (QED) is 0.528. The molecule has 1 aromatic rings. The van der Waals surface area contributed by atoms with Crippen molar-refractivity contribution in [1.82, 2.24) is 0 Å². The highest BCUT2D eigenvalue weighted by Gasteiger charge is 2.12. The summed E-state index contributed by atoms with van der Waals surface area (Å²) < 4.78 is 0. The van der Waals surface area contributed by atoms with E-state index in [0.29, 0.717) is 0 Å². The molecule has 1 aromatic carbocycles. The van der Waals surface area contributed by atoms with Gasteiger partial charge >= 0.3 is 0 Å². The summed E-state index contributed by atoms with van der Waals surface area (Å²) in [5.41, 5.74) is 2.90.